The van der Waals surface area contributed by atoms with Crippen LogP contribution in [-0.4, -0.2) is 35.5 Å². The summed E-state index contributed by atoms with van der Waals surface area (Å²) in [5, 5.41) is 0. The highest BCUT2D eigenvalue weighted by Gasteiger charge is 2.44. The Morgan fingerprint density at radius 3 is 2.56 bits per heavy atom. The lowest BCUT2D eigenvalue weighted by Gasteiger charge is -2.33. The van der Waals surface area contributed by atoms with Gasteiger partial charge in [0.25, 0.3) is 0 Å². The van der Waals surface area contributed by atoms with Crippen LogP contribution in [0.25, 0.3) is 0 Å². The van der Waals surface area contributed by atoms with E-state index in [1.54, 1.807) is 6.92 Å². The van der Waals surface area contributed by atoms with Gasteiger partial charge in [-0.3, -0.25) is 4.79 Å². The van der Waals surface area contributed by atoms with Crippen molar-refractivity contribution in [3.8, 4) is 0 Å². The predicted octanol–water partition coefficient (Wildman–Crippen LogP) is 4.04. The molecule has 2 aliphatic rings. The van der Waals surface area contributed by atoms with Gasteiger partial charge in [-0.25, -0.2) is 18.5 Å². The summed E-state index contributed by atoms with van der Waals surface area (Å²) in [7, 11) is 0. The van der Waals surface area contributed by atoms with Gasteiger partial charge in [0.2, 0.25) is 11.8 Å². The van der Waals surface area contributed by atoms with E-state index in [0.717, 1.165) is 5.56 Å². The third-order valence-electron chi connectivity index (χ3n) is 5.37. The Morgan fingerprint density at radius 2 is 1.92 bits per heavy atom. The molecule has 6 heteroatoms. The molecule has 25 heavy (non-hydrogen) atoms. The number of rotatable bonds is 4. The van der Waals surface area contributed by atoms with Crippen LogP contribution in [0.4, 0.5) is 13.6 Å². The molecular weight excluding hydrogens is 328 g/mol. The average Bonchev–Trinajstić information content (AvgIpc) is 2.95. The first kappa shape index (κ1) is 17.8. The molecule has 2 amide bonds. The maximum atomic E-state index is 13.3. The van der Waals surface area contributed by atoms with Crippen LogP contribution in [0, 0.1) is 11.8 Å². The molecule has 0 radical (unpaired) electrons. The zero-order chi connectivity index (χ0) is 18.0. The lowest BCUT2D eigenvalue weighted by Crippen LogP contribution is -2.45. The number of alkyl halides is 2. The number of hydrogen-bond acceptors (Lipinski definition) is 3. The molecular formula is C19H23F2NO3. The highest BCUT2D eigenvalue weighted by atomic mass is 19.3. The summed E-state index contributed by atoms with van der Waals surface area (Å²) in [6.45, 7) is 1.91. The predicted molar refractivity (Wildman–Crippen MR) is 88.2 cm³/mol. The zero-order valence-electron chi connectivity index (χ0n) is 14.3. The maximum absolute atomic E-state index is 13.3. The van der Waals surface area contributed by atoms with Crippen molar-refractivity contribution >= 4 is 12.0 Å². The topological polar surface area (TPSA) is 46.6 Å². The molecule has 1 aromatic carbocycles. The van der Waals surface area contributed by atoms with Crippen molar-refractivity contribution in [2.24, 2.45) is 11.8 Å². The molecule has 2 fully saturated rings. The quantitative estimate of drug-likeness (QED) is 0.822. The first-order valence-corrected chi connectivity index (χ1v) is 8.79. The van der Waals surface area contributed by atoms with Crippen molar-refractivity contribution in [3.63, 3.8) is 0 Å². The lowest BCUT2D eigenvalue weighted by atomic mass is 9.78. The van der Waals surface area contributed by atoms with Crippen LogP contribution in [0.15, 0.2) is 30.3 Å². The van der Waals surface area contributed by atoms with E-state index in [0.29, 0.717) is 19.3 Å². The molecule has 1 heterocycles. The van der Waals surface area contributed by atoms with E-state index in [9.17, 15) is 18.4 Å². The second-order valence-corrected chi connectivity index (χ2v) is 7.11. The number of imide groups is 1. The van der Waals surface area contributed by atoms with Crippen molar-refractivity contribution in [1.29, 1.82) is 0 Å². The number of cyclic esters (lactones) is 1. The number of carbonyl (C=O) groups is 2. The molecule has 2 atom stereocenters. The van der Waals surface area contributed by atoms with Crippen molar-refractivity contribution in [3.05, 3.63) is 35.9 Å². The molecule has 0 bridgehead atoms. The largest absolute Gasteiger partial charge is 0.447 e. The molecule has 1 aromatic rings. The SMILES string of the molecule is C[C@H](C(=O)N1C(=O)OC[C@@H]1Cc1ccccc1)C1CCC(F)(F)CC1. The van der Waals surface area contributed by atoms with Gasteiger partial charge in [0.1, 0.15) is 6.61 Å². The lowest BCUT2D eigenvalue weighted by molar-refractivity contribution is -0.136. The standard InChI is InChI=1S/C19H23F2NO3/c1-13(15-7-9-19(20,21)10-8-15)17(23)22-16(12-25-18(22)24)11-14-5-3-2-4-6-14/h2-6,13,15-16H,7-12H2,1H3/t13-,16-/m0/s1. The van der Waals surface area contributed by atoms with Crippen LogP contribution in [0.5, 0.6) is 0 Å². The average molecular weight is 351 g/mol. The summed E-state index contributed by atoms with van der Waals surface area (Å²) in [4.78, 5) is 26.1. The van der Waals surface area contributed by atoms with Gasteiger partial charge in [-0.05, 0) is 30.7 Å². The number of carbonyl (C=O) groups excluding carboxylic acids is 2. The van der Waals surface area contributed by atoms with Gasteiger partial charge >= 0.3 is 6.09 Å². The van der Waals surface area contributed by atoms with Crippen molar-refractivity contribution in [2.45, 2.75) is 51.0 Å². The molecule has 0 unspecified atom stereocenters. The van der Waals surface area contributed by atoms with Gasteiger partial charge < -0.3 is 4.74 Å². The number of benzene rings is 1. The molecule has 1 aliphatic heterocycles. The van der Waals surface area contributed by atoms with Gasteiger partial charge in [0.15, 0.2) is 0 Å². The van der Waals surface area contributed by atoms with E-state index in [2.05, 4.69) is 0 Å². The van der Waals surface area contributed by atoms with E-state index in [4.69, 9.17) is 4.74 Å². The summed E-state index contributed by atoms with van der Waals surface area (Å²) < 4.78 is 31.8. The Morgan fingerprint density at radius 1 is 1.28 bits per heavy atom. The minimum absolute atomic E-state index is 0.113. The third kappa shape index (κ3) is 3.99. The number of halogens is 2. The van der Waals surface area contributed by atoms with Crippen molar-refractivity contribution in [2.75, 3.05) is 6.61 Å². The monoisotopic (exact) mass is 351 g/mol. The van der Waals surface area contributed by atoms with Crippen LogP contribution in [0.3, 0.4) is 0 Å². The Labute approximate surface area is 146 Å². The zero-order valence-corrected chi connectivity index (χ0v) is 14.3. The van der Waals surface area contributed by atoms with E-state index in [1.807, 2.05) is 30.3 Å². The first-order valence-electron chi connectivity index (χ1n) is 8.79. The molecule has 0 spiro atoms. The Bertz CT molecular complexity index is 625. The highest BCUT2D eigenvalue weighted by Crippen LogP contribution is 2.40. The molecule has 3 rings (SSSR count). The number of hydrogen-bond donors (Lipinski definition) is 0. The van der Waals surface area contributed by atoms with E-state index in [1.165, 1.54) is 4.90 Å². The van der Waals surface area contributed by atoms with Crippen molar-refractivity contribution < 1.29 is 23.1 Å². The first-order chi connectivity index (χ1) is 11.9. The molecule has 0 N–H and O–H groups in total. The van der Waals surface area contributed by atoms with Crippen LogP contribution in [-0.2, 0) is 16.0 Å². The van der Waals surface area contributed by atoms with Gasteiger partial charge in [-0.15, -0.1) is 0 Å². The number of ether oxygens (including phenoxy) is 1. The maximum Gasteiger partial charge on any atom is 0.416 e. The van der Waals surface area contributed by atoms with Crippen LogP contribution < -0.4 is 0 Å². The molecule has 136 valence electrons. The molecule has 4 nitrogen and oxygen atoms in total. The minimum Gasteiger partial charge on any atom is -0.447 e. The molecule has 1 saturated heterocycles. The third-order valence-corrected chi connectivity index (χ3v) is 5.37. The van der Waals surface area contributed by atoms with Gasteiger partial charge in [0.05, 0.1) is 6.04 Å². The fourth-order valence-corrected chi connectivity index (χ4v) is 3.75. The molecule has 1 aliphatic carbocycles. The van der Waals surface area contributed by atoms with Crippen LogP contribution >= 0.6 is 0 Å². The van der Waals surface area contributed by atoms with Gasteiger partial charge in [0, 0.05) is 18.8 Å². The van der Waals surface area contributed by atoms with Crippen LogP contribution in [0.2, 0.25) is 0 Å². The minimum atomic E-state index is -2.62. The fourth-order valence-electron chi connectivity index (χ4n) is 3.75. The Hall–Kier alpha value is -1.98. The van der Waals surface area contributed by atoms with E-state index >= 15 is 0 Å². The number of amides is 2. The van der Waals surface area contributed by atoms with Crippen molar-refractivity contribution in [1.82, 2.24) is 4.90 Å². The summed E-state index contributed by atoms with van der Waals surface area (Å²) in [6, 6.07) is 9.27. The smallest absolute Gasteiger partial charge is 0.416 e. The van der Waals surface area contributed by atoms with Gasteiger partial charge in [-0.2, -0.15) is 0 Å². The Balaban J connectivity index is 1.67. The normalized spacial score (nSPS) is 24.8. The fraction of sp³-hybridized carbons (Fsp3) is 0.579. The second kappa shape index (κ2) is 7.10. The summed E-state index contributed by atoms with van der Waals surface area (Å²) >= 11 is 0. The summed E-state index contributed by atoms with van der Waals surface area (Å²) in [5.74, 6) is -3.50. The summed E-state index contributed by atoms with van der Waals surface area (Å²) in [5.41, 5.74) is 1.02. The molecule has 0 aromatic heterocycles. The Kier molecular flexibility index (Phi) is 5.06. The second-order valence-electron chi connectivity index (χ2n) is 7.11. The van der Waals surface area contributed by atoms with E-state index < -0.39 is 17.9 Å². The van der Waals surface area contributed by atoms with Gasteiger partial charge in [-0.1, -0.05) is 37.3 Å². The van der Waals surface area contributed by atoms with E-state index in [-0.39, 0.29) is 37.3 Å². The molecule has 1 saturated carbocycles. The highest BCUT2D eigenvalue weighted by molar-refractivity contribution is 5.94. The van der Waals surface area contributed by atoms with Crippen LogP contribution in [0.1, 0.15) is 38.2 Å². The number of nitrogens with zero attached hydrogens (tertiary/aromatic N) is 1. The summed E-state index contributed by atoms with van der Waals surface area (Å²) in [6.07, 6.45) is 0.158.